The molecule has 5 heteroatoms. The summed E-state index contributed by atoms with van der Waals surface area (Å²) in [6.45, 7) is 8.39. The average Bonchev–Trinajstić information content (AvgIpc) is 2.91. The molecule has 3 atom stereocenters. The molecular weight excluding hydrogens is 246 g/mol. The summed E-state index contributed by atoms with van der Waals surface area (Å²) in [6, 6.07) is 0. The van der Waals surface area contributed by atoms with Crippen LogP contribution in [0, 0.1) is 25.2 Å². The summed E-state index contributed by atoms with van der Waals surface area (Å²) in [5.74, 6) is 0.611. The summed E-state index contributed by atoms with van der Waals surface area (Å²) < 4.78 is 16.6. The Morgan fingerprint density at radius 3 is 2.79 bits per heavy atom. The van der Waals surface area contributed by atoms with Crippen LogP contribution in [0.5, 0.6) is 0 Å². The second kappa shape index (κ2) is 4.07. The van der Waals surface area contributed by atoms with Crippen LogP contribution in [0.3, 0.4) is 0 Å². The molecule has 0 amide bonds. The zero-order valence-electron chi connectivity index (χ0n) is 11.7. The summed E-state index contributed by atoms with van der Waals surface area (Å²) in [7, 11) is 0. The SMILES string of the molecule is Cc1nc(C)c(C(=O)O[C@@H]2[C@@H]3CCO[C@H]3C2(C)C)o1. The molecule has 19 heavy (non-hydrogen) atoms. The highest BCUT2D eigenvalue weighted by Crippen LogP contribution is 2.53. The number of nitrogens with zero attached hydrogens (tertiary/aromatic N) is 1. The minimum Gasteiger partial charge on any atom is -0.455 e. The summed E-state index contributed by atoms with van der Waals surface area (Å²) in [6.07, 6.45) is 1.07. The minimum atomic E-state index is -0.415. The molecule has 5 nitrogen and oxygen atoms in total. The molecular formula is C14H19NO4. The first-order valence-corrected chi connectivity index (χ1v) is 6.68. The fraction of sp³-hybridized carbons (Fsp3) is 0.714. The smallest absolute Gasteiger partial charge is 0.376 e. The van der Waals surface area contributed by atoms with Gasteiger partial charge in [0.15, 0.2) is 5.89 Å². The van der Waals surface area contributed by atoms with Gasteiger partial charge in [0.2, 0.25) is 5.76 Å². The van der Waals surface area contributed by atoms with E-state index in [-0.39, 0.29) is 23.4 Å². The van der Waals surface area contributed by atoms with E-state index >= 15 is 0 Å². The lowest BCUT2D eigenvalue weighted by molar-refractivity contribution is -0.183. The van der Waals surface area contributed by atoms with Crippen molar-refractivity contribution >= 4 is 5.97 Å². The van der Waals surface area contributed by atoms with Crippen molar-refractivity contribution in [1.82, 2.24) is 4.98 Å². The van der Waals surface area contributed by atoms with Crippen LogP contribution in [0.2, 0.25) is 0 Å². The minimum absolute atomic E-state index is 0.0997. The van der Waals surface area contributed by atoms with Crippen LogP contribution in [-0.2, 0) is 9.47 Å². The summed E-state index contributed by atoms with van der Waals surface area (Å²) in [5, 5.41) is 0. The van der Waals surface area contributed by atoms with Crippen LogP contribution in [0.4, 0.5) is 0 Å². The van der Waals surface area contributed by atoms with Crippen molar-refractivity contribution in [2.45, 2.75) is 46.3 Å². The standard InChI is InChI=1S/C14H19NO4/c1-7-10(18-8(2)15-7)13(16)19-12-9-5-6-17-11(9)14(12,3)4/h9,11-12H,5-6H2,1-4H3/t9-,11-,12-/m1/s1. The molecule has 2 aliphatic rings. The lowest BCUT2D eigenvalue weighted by Gasteiger charge is -2.52. The second-order valence-electron chi connectivity index (χ2n) is 6.04. The Hall–Kier alpha value is -1.36. The Labute approximate surface area is 112 Å². The molecule has 0 spiro atoms. The van der Waals surface area contributed by atoms with E-state index in [2.05, 4.69) is 18.8 Å². The van der Waals surface area contributed by atoms with E-state index < -0.39 is 5.97 Å². The first-order chi connectivity index (χ1) is 8.91. The van der Waals surface area contributed by atoms with Crippen LogP contribution in [-0.4, -0.2) is 29.8 Å². The first-order valence-electron chi connectivity index (χ1n) is 6.68. The Bertz CT molecular complexity index is 520. The van der Waals surface area contributed by atoms with Gasteiger partial charge in [0.05, 0.1) is 11.8 Å². The molecule has 0 radical (unpaired) electrons. The van der Waals surface area contributed by atoms with Gasteiger partial charge in [0.25, 0.3) is 0 Å². The van der Waals surface area contributed by atoms with Crippen molar-refractivity contribution in [3.8, 4) is 0 Å². The summed E-state index contributed by atoms with van der Waals surface area (Å²) in [5.41, 5.74) is 0.457. The topological polar surface area (TPSA) is 61.6 Å². The highest BCUT2D eigenvalue weighted by atomic mass is 16.6. The van der Waals surface area contributed by atoms with Gasteiger partial charge in [0, 0.05) is 24.9 Å². The lowest BCUT2D eigenvalue weighted by Crippen LogP contribution is -2.61. The van der Waals surface area contributed by atoms with E-state index in [4.69, 9.17) is 13.9 Å². The summed E-state index contributed by atoms with van der Waals surface area (Å²) >= 11 is 0. The highest BCUT2D eigenvalue weighted by molar-refractivity contribution is 5.87. The van der Waals surface area contributed by atoms with E-state index in [1.165, 1.54) is 0 Å². The van der Waals surface area contributed by atoms with E-state index in [0.717, 1.165) is 13.0 Å². The van der Waals surface area contributed by atoms with Gasteiger partial charge < -0.3 is 13.9 Å². The van der Waals surface area contributed by atoms with Crippen molar-refractivity contribution in [3.63, 3.8) is 0 Å². The van der Waals surface area contributed by atoms with Crippen molar-refractivity contribution in [1.29, 1.82) is 0 Å². The third-order valence-corrected chi connectivity index (χ3v) is 4.32. The van der Waals surface area contributed by atoms with Crippen LogP contribution in [0.25, 0.3) is 0 Å². The van der Waals surface area contributed by atoms with Gasteiger partial charge in [0.1, 0.15) is 6.10 Å². The van der Waals surface area contributed by atoms with E-state index in [1.54, 1.807) is 13.8 Å². The predicted octanol–water partition coefficient (Wildman–Crippen LogP) is 2.26. The van der Waals surface area contributed by atoms with Crippen molar-refractivity contribution in [2.24, 2.45) is 11.3 Å². The Morgan fingerprint density at radius 2 is 2.16 bits per heavy atom. The third-order valence-electron chi connectivity index (χ3n) is 4.32. The molecule has 1 saturated carbocycles. The van der Waals surface area contributed by atoms with Crippen molar-refractivity contribution in [2.75, 3.05) is 6.61 Å². The Morgan fingerprint density at radius 1 is 1.42 bits per heavy atom. The molecule has 0 N–H and O–H groups in total. The van der Waals surface area contributed by atoms with Gasteiger partial charge in [-0.25, -0.2) is 9.78 Å². The van der Waals surface area contributed by atoms with Crippen LogP contribution < -0.4 is 0 Å². The van der Waals surface area contributed by atoms with Gasteiger partial charge >= 0.3 is 5.97 Å². The molecule has 1 aliphatic carbocycles. The maximum Gasteiger partial charge on any atom is 0.376 e. The molecule has 1 aromatic rings. The van der Waals surface area contributed by atoms with Crippen LogP contribution in [0.1, 0.15) is 42.4 Å². The molecule has 0 aromatic carbocycles. The maximum absolute atomic E-state index is 12.2. The number of rotatable bonds is 2. The van der Waals surface area contributed by atoms with Crippen molar-refractivity contribution in [3.05, 3.63) is 17.3 Å². The van der Waals surface area contributed by atoms with Gasteiger partial charge in [-0.2, -0.15) is 0 Å². The zero-order chi connectivity index (χ0) is 13.8. The number of aromatic nitrogens is 1. The molecule has 1 aliphatic heterocycles. The number of carbonyl (C=O) groups excluding carboxylic acids is 1. The molecule has 2 fully saturated rings. The Balaban J connectivity index is 1.75. The molecule has 2 heterocycles. The van der Waals surface area contributed by atoms with Gasteiger partial charge in [-0.3, -0.25) is 0 Å². The molecule has 104 valence electrons. The van der Waals surface area contributed by atoms with Crippen LogP contribution >= 0.6 is 0 Å². The maximum atomic E-state index is 12.2. The number of ether oxygens (including phenoxy) is 2. The van der Waals surface area contributed by atoms with Gasteiger partial charge in [-0.1, -0.05) is 13.8 Å². The number of esters is 1. The van der Waals surface area contributed by atoms with Crippen molar-refractivity contribution < 1.29 is 18.7 Å². The fourth-order valence-corrected chi connectivity index (χ4v) is 3.41. The van der Waals surface area contributed by atoms with E-state index in [1.807, 2.05) is 0 Å². The Kier molecular flexibility index (Phi) is 2.71. The number of aryl methyl sites for hydroxylation is 2. The van der Waals surface area contributed by atoms with Crippen LogP contribution in [0.15, 0.2) is 4.42 Å². The third kappa shape index (κ3) is 1.79. The fourth-order valence-electron chi connectivity index (χ4n) is 3.41. The summed E-state index contributed by atoms with van der Waals surface area (Å²) in [4.78, 5) is 16.3. The molecule has 1 aromatic heterocycles. The van der Waals surface area contributed by atoms with E-state index in [0.29, 0.717) is 17.5 Å². The molecule has 3 rings (SSSR count). The van der Waals surface area contributed by atoms with Gasteiger partial charge in [-0.15, -0.1) is 0 Å². The largest absolute Gasteiger partial charge is 0.455 e. The predicted molar refractivity (Wildman–Crippen MR) is 66.8 cm³/mol. The first kappa shape index (κ1) is 12.7. The highest BCUT2D eigenvalue weighted by Gasteiger charge is 2.61. The van der Waals surface area contributed by atoms with E-state index in [9.17, 15) is 4.79 Å². The number of fused-ring (bicyclic) bond motifs is 1. The zero-order valence-corrected chi connectivity index (χ0v) is 11.7. The number of oxazole rings is 1. The second-order valence-corrected chi connectivity index (χ2v) is 6.04. The quantitative estimate of drug-likeness (QED) is 0.767. The number of carbonyl (C=O) groups is 1. The molecule has 0 unspecified atom stereocenters. The average molecular weight is 265 g/mol. The normalized spacial score (nSPS) is 31.7. The monoisotopic (exact) mass is 265 g/mol. The number of hydrogen-bond acceptors (Lipinski definition) is 5. The van der Waals surface area contributed by atoms with Gasteiger partial charge in [-0.05, 0) is 13.3 Å². The molecule has 1 saturated heterocycles. The molecule has 0 bridgehead atoms. The lowest BCUT2D eigenvalue weighted by atomic mass is 9.59. The number of hydrogen-bond donors (Lipinski definition) is 0.